The van der Waals surface area contributed by atoms with Crippen LogP contribution in [0.1, 0.15) is 24.2 Å². The second kappa shape index (κ2) is 7.52. The summed E-state index contributed by atoms with van der Waals surface area (Å²) >= 11 is 0. The number of carbonyl (C=O) groups excluding carboxylic acids is 2. The molecule has 0 saturated heterocycles. The van der Waals surface area contributed by atoms with Gasteiger partial charge in [0.1, 0.15) is 0 Å². The average Bonchev–Trinajstić information content (AvgIpc) is 2.48. The van der Waals surface area contributed by atoms with Gasteiger partial charge < -0.3 is 19.6 Å². The summed E-state index contributed by atoms with van der Waals surface area (Å²) in [6.07, 6.45) is 0. The number of amides is 2. The molecule has 6 nitrogen and oxygen atoms in total. The van der Waals surface area contributed by atoms with Crippen molar-refractivity contribution in [1.29, 1.82) is 0 Å². The number of benzene rings is 1. The molecular weight excluding hydrogens is 272 g/mol. The van der Waals surface area contributed by atoms with Gasteiger partial charge in [-0.05, 0) is 26.0 Å². The minimum Gasteiger partial charge on any atom is -0.504 e. The van der Waals surface area contributed by atoms with Crippen LogP contribution in [0.4, 0.5) is 0 Å². The van der Waals surface area contributed by atoms with Gasteiger partial charge >= 0.3 is 0 Å². The summed E-state index contributed by atoms with van der Waals surface area (Å²) < 4.78 is 4.97. The first-order chi connectivity index (χ1) is 9.96. The molecule has 0 aromatic heterocycles. The molecular formula is C15H22N2O4. The molecule has 6 heteroatoms. The van der Waals surface area contributed by atoms with Crippen LogP contribution in [0, 0.1) is 0 Å². The van der Waals surface area contributed by atoms with Gasteiger partial charge in [0, 0.05) is 20.1 Å². The van der Waals surface area contributed by atoms with Gasteiger partial charge in [0.2, 0.25) is 5.91 Å². The number of aromatic hydroxyl groups is 1. The van der Waals surface area contributed by atoms with Gasteiger partial charge in [-0.2, -0.15) is 0 Å². The Kier molecular flexibility index (Phi) is 6.02. The summed E-state index contributed by atoms with van der Waals surface area (Å²) in [4.78, 5) is 27.2. The molecule has 0 radical (unpaired) electrons. The molecule has 0 aliphatic heterocycles. The molecule has 0 aliphatic rings. The second-order valence-electron chi connectivity index (χ2n) is 4.58. The Morgan fingerprint density at radius 3 is 2.38 bits per heavy atom. The number of ether oxygens (including phenoxy) is 1. The monoisotopic (exact) mass is 294 g/mol. The maximum atomic E-state index is 12.3. The van der Waals surface area contributed by atoms with Crippen molar-refractivity contribution in [3.8, 4) is 11.5 Å². The zero-order chi connectivity index (χ0) is 16.0. The largest absolute Gasteiger partial charge is 0.504 e. The molecule has 0 spiro atoms. The van der Waals surface area contributed by atoms with Crippen LogP contribution in [0.3, 0.4) is 0 Å². The first kappa shape index (κ1) is 16.8. The fourth-order valence-corrected chi connectivity index (χ4v) is 2.02. The number of likely N-dealkylation sites (N-methyl/N-ethyl adjacent to an activating group) is 2. The summed E-state index contributed by atoms with van der Waals surface area (Å²) in [5.41, 5.74) is 0.115. The minimum atomic E-state index is -0.424. The topological polar surface area (TPSA) is 70.1 Å². The number of para-hydroxylation sites is 1. The highest BCUT2D eigenvalue weighted by atomic mass is 16.5. The summed E-state index contributed by atoms with van der Waals surface area (Å²) in [5.74, 6) is -0.540. The third-order valence-corrected chi connectivity index (χ3v) is 3.28. The van der Waals surface area contributed by atoms with E-state index in [1.807, 2.05) is 13.8 Å². The minimum absolute atomic E-state index is 0.0306. The third kappa shape index (κ3) is 3.87. The molecule has 0 heterocycles. The van der Waals surface area contributed by atoms with E-state index in [1.165, 1.54) is 25.1 Å². The number of phenols is 1. The Labute approximate surface area is 124 Å². The van der Waals surface area contributed by atoms with E-state index in [-0.39, 0.29) is 29.5 Å². The highest BCUT2D eigenvalue weighted by Gasteiger charge is 2.21. The lowest BCUT2D eigenvalue weighted by molar-refractivity contribution is -0.131. The summed E-state index contributed by atoms with van der Waals surface area (Å²) in [6, 6.07) is 4.68. The molecule has 116 valence electrons. The average molecular weight is 294 g/mol. The fourth-order valence-electron chi connectivity index (χ4n) is 2.02. The molecule has 21 heavy (non-hydrogen) atoms. The lowest BCUT2D eigenvalue weighted by Crippen LogP contribution is -2.41. The molecule has 0 bridgehead atoms. The molecule has 0 atom stereocenters. The van der Waals surface area contributed by atoms with E-state index >= 15 is 0 Å². The molecule has 0 fully saturated rings. The quantitative estimate of drug-likeness (QED) is 0.859. The molecule has 2 amide bonds. The standard InChI is InChI=1S/C15H22N2O4/c1-5-17(6-2)13(18)10-16(3)15(20)11-8-7-9-12(21-4)14(11)19/h7-9,19H,5-6,10H2,1-4H3. The predicted molar refractivity (Wildman–Crippen MR) is 79.5 cm³/mol. The third-order valence-electron chi connectivity index (χ3n) is 3.28. The van der Waals surface area contributed by atoms with Crippen molar-refractivity contribution in [2.45, 2.75) is 13.8 Å². The molecule has 1 N–H and O–H groups in total. The predicted octanol–water partition coefficient (Wildman–Crippen LogP) is 1.34. The Bertz CT molecular complexity index is 512. The lowest BCUT2D eigenvalue weighted by atomic mass is 10.1. The molecule has 0 aliphatic carbocycles. The Morgan fingerprint density at radius 2 is 1.86 bits per heavy atom. The SMILES string of the molecule is CCN(CC)C(=O)CN(C)C(=O)c1cccc(OC)c1O. The van der Waals surface area contributed by atoms with E-state index in [4.69, 9.17) is 4.74 Å². The Morgan fingerprint density at radius 1 is 1.24 bits per heavy atom. The zero-order valence-electron chi connectivity index (χ0n) is 12.9. The smallest absolute Gasteiger partial charge is 0.257 e. The van der Waals surface area contributed by atoms with Gasteiger partial charge in [-0.25, -0.2) is 0 Å². The summed E-state index contributed by atoms with van der Waals surface area (Å²) in [5, 5.41) is 9.98. The lowest BCUT2D eigenvalue weighted by Gasteiger charge is -2.23. The first-order valence-corrected chi connectivity index (χ1v) is 6.85. The van der Waals surface area contributed by atoms with Crippen molar-refractivity contribution in [2.75, 3.05) is 33.8 Å². The number of nitrogens with zero attached hydrogens (tertiary/aromatic N) is 2. The van der Waals surface area contributed by atoms with Crippen LogP contribution in [0.15, 0.2) is 18.2 Å². The van der Waals surface area contributed by atoms with Crippen LogP contribution >= 0.6 is 0 Å². The van der Waals surface area contributed by atoms with Crippen molar-refractivity contribution in [3.63, 3.8) is 0 Å². The number of methoxy groups -OCH3 is 1. The number of hydrogen-bond acceptors (Lipinski definition) is 4. The van der Waals surface area contributed by atoms with Crippen molar-refractivity contribution in [3.05, 3.63) is 23.8 Å². The van der Waals surface area contributed by atoms with E-state index in [2.05, 4.69) is 0 Å². The molecule has 0 unspecified atom stereocenters. The highest BCUT2D eigenvalue weighted by molar-refractivity contribution is 5.99. The van der Waals surface area contributed by atoms with E-state index in [9.17, 15) is 14.7 Å². The maximum Gasteiger partial charge on any atom is 0.257 e. The van der Waals surface area contributed by atoms with Crippen LogP contribution in [-0.2, 0) is 4.79 Å². The van der Waals surface area contributed by atoms with Crippen LogP contribution in [0.25, 0.3) is 0 Å². The fraction of sp³-hybridized carbons (Fsp3) is 0.467. The van der Waals surface area contributed by atoms with Gasteiger partial charge in [0.25, 0.3) is 5.91 Å². The van der Waals surface area contributed by atoms with Crippen molar-refractivity contribution in [2.24, 2.45) is 0 Å². The van der Waals surface area contributed by atoms with Crippen LogP contribution in [-0.4, -0.2) is 60.5 Å². The highest BCUT2D eigenvalue weighted by Crippen LogP contribution is 2.29. The van der Waals surface area contributed by atoms with Crippen molar-refractivity contribution >= 4 is 11.8 Å². The first-order valence-electron chi connectivity index (χ1n) is 6.85. The molecule has 1 aromatic carbocycles. The van der Waals surface area contributed by atoms with Crippen LogP contribution in [0.5, 0.6) is 11.5 Å². The van der Waals surface area contributed by atoms with Gasteiger partial charge in [0.15, 0.2) is 11.5 Å². The Balaban J connectivity index is 2.86. The van der Waals surface area contributed by atoms with Gasteiger partial charge in [-0.1, -0.05) is 6.07 Å². The second-order valence-corrected chi connectivity index (χ2v) is 4.58. The van der Waals surface area contributed by atoms with E-state index in [1.54, 1.807) is 17.0 Å². The van der Waals surface area contributed by atoms with E-state index in [0.717, 1.165) is 0 Å². The zero-order valence-corrected chi connectivity index (χ0v) is 12.9. The number of hydrogen-bond donors (Lipinski definition) is 1. The van der Waals surface area contributed by atoms with Crippen molar-refractivity contribution < 1.29 is 19.4 Å². The van der Waals surface area contributed by atoms with Gasteiger partial charge in [-0.3, -0.25) is 9.59 Å². The van der Waals surface area contributed by atoms with Crippen LogP contribution in [0.2, 0.25) is 0 Å². The molecule has 0 saturated carbocycles. The summed E-state index contributed by atoms with van der Waals surface area (Å²) in [6.45, 7) is 4.94. The van der Waals surface area contributed by atoms with Crippen molar-refractivity contribution in [1.82, 2.24) is 9.80 Å². The normalized spacial score (nSPS) is 10.1. The summed E-state index contributed by atoms with van der Waals surface area (Å²) in [7, 11) is 2.94. The number of rotatable bonds is 6. The maximum absolute atomic E-state index is 12.3. The number of phenolic OH excluding ortho intramolecular Hbond substituents is 1. The van der Waals surface area contributed by atoms with Gasteiger partial charge in [0.05, 0.1) is 19.2 Å². The van der Waals surface area contributed by atoms with Gasteiger partial charge in [-0.15, -0.1) is 0 Å². The molecule has 1 rings (SSSR count). The van der Waals surface area contributed by atoms with E-state index < -0.39 is 5.91 Å². The number of carbonyl (C=O) groups is 2. The van der Waals surface area contributed by atoms with E-state index in [0.29, 0.717) is 13.1 Å². The molecule has 1 aromatic rings. The Hall–Kier alpha value is -2.24. The van der Waals surface area contributed by atoms with Crippen LogP contribution < -0.4 is 4.74 Å².